The summed E-state index contributed by atoms with van der Waals surface area (Å²) in [6.07, 6.45) is 3.22. The molecule has 1 saturated heterocycles. The average molecular weight is 429 g/mol. The summed E-state index contributed by atoms with van der Waals surface area (Å²) in [6, 6.07) is 0.235. The van der Waals surface area contributed by atoms with E-state index in [2.05, 4.69) is 37.7 Å². The Morgan fingerprint density at radius 3 is 2.74 bits per heavy atom. The van der Waals surface area contributed by atoms with Gasteiger partial charge in [0.1, 0.15) is 15.8 Å². The van der Waals surface area contributed by atoms with Crippen LogP contribution in [0.5, 0.6) is 0 Å². The Morgan fingerprint density at radius 1 is 1.39 bits per heavy atom. The van der Waals surface area contributed by atoms with E-state index in [1.54, 1.807) is 0 Å². The SMILES string of the molecule is CN(C)CC(=O)N1CCC(n2nc(I)c3c(N)ncnc32)CC1. The summed E-state index contributed by atoms with van der Waals surface area (Å²) in [7, 11) is 3.82. The number of nitrogens with two attached hydrogens (primary N) is 1. The molecule has 8 nitrogen and oxygen atoms in total. The Bertz CT molecular complexity index is 721. The van der Waals surface area contributed by atoms with Gasteiger partial charge in [0, 0.05) is 13.1 Å². The minimum atomic E-state index is 0.180. The number of amides is 1. The lowest BCUT2D eigenvalue weighted by atomic mass is 10.1. The molecule has 1 aliphatic rings. The first-order valence-corrected chi connectivity index (χ1v) is 8.62. The van der Waals surface area contributed by atoms with Crippen molar-refractivity contribution in [3.05, 3.63) is 10.0 Å². The molecule has 2 aromatic rings. The first kappa shape index (κ1) is 16.4. The maximum Gasteiger partial charge on any atom is 0.236 e. The number of carbonyl (C=O) groups is 1. The topological polar surface area (TPSA) is 93.2 Å². The van der Waals surface area contributed by atoms with Crippen LogP contribution in [0.3, 0.4) is 0 Å². The van der Waals surface area contributed by atoms with Crippen molar-refractivity contribution in [3.8, 4) is 0 Å². The highest BCUT2D eigenvalue weighted by Gasteiger charge is 2.27. The Balaban J connectivity index is 1.76. The third kappa shape index (κ3) is 3.25. The molecule has 0 aliphatic carbocycles. The largest absolute Gasteiger partial charge is 0.383 e. The molecule has 3 rings (SSSR count). The number of likely N-dealkylation sites (tertiary alicyclic amines) is 1. The lowest BCUT2D eigenvalue weighted by molar-refractivity contribution is -0.133. The van der Waals surface area contributed by atoms with E-state index >= 15 is 0 Å². The number of nitrogens with zero attached hydrogens (tertiary/aromatic N) is 6. The number of halogens is 1. The van der Waals surface area contributed by atoms with Crippen LogP contribution in [0.4, 0.5) is 5.82 Å². The predicted octanol–water partition coefficient (Wildman–Crippen LogP) is 0.738. The number of piperidine rings is 1. The molecule has 0 aromatic carbocycles. The number of hydrogen-bond donors (Lipinski definition) is 1. The summed E-state index contributed by atoms with van der Waals surface area (Å²) in [6.45, 7) is 1.95. The quantitative estimate of drug-likeness (QED) is 0.724. The van der Waals surface area contributed by atoms with Gasteiger partial charge in [-0.3, -0.25) is 4.79 Å². The van der Waals surface area contributed by atoms with Crippen LogP contribution in [-0.4, -0.2) is 69.2 Å². The van der Waals surface area contributed by atoms with Gasteiger partial charge in [0.25, 0.3) is 0 Å². The van der Waals surface area contributed by atoms with Gasteiger partial charge in [-0.2, -0.15) is 5.10 Å². The fraction of sp³-hybridized carbons (Fsp3) is 0.571. The molecular formula is C14H20IN7O. The number of hydrogen-bond acceptors (Lipinski definition) is 6. The standard InChI is InChI=1S/C14H20IN7O/c1-20(2)7-10(23)21-5-3-9(4-6-21)22-14-11(12(15)19-22)13(16)17-8-18-14/h8-9H,3-7H2,1-2H3,(H2,16,17,18). The van der Waals surface area contributed by atoms with Gasteiger partial charge >= 0.3 is 0 Å². The molecule has 1 amide bonds. The Morgan fingerprint density at radius 2 is 2.09 bits per heavy atom. The molecule has 0 bridgehead atoms. The van der Waals surface area contributed by atoms with E-state index in [9.17, 15) is 4.79 Å². The summed E-state index contributed by atoms with van der Waals surface area (Å²) in [5, 5.41) is 5.42. The zero-order valence-electron chi connectivity index (χ0n) is 13.2. The van der Waals surface area contributed by atoms with E-state index in [-0.39, 0.29) is 11.9 Å². The van der Waals surface area contributed by atoms with Crippen molar-refractivity contribution in [1.82, 2.24) is 29.5 Å². The van der Waals surface area contributed by atoms with E-state index in [0.717, 1.165) is 40.7 Å². The highest BCUT2D eigenvalue weighted by molar-refractivity contribution is 14.1. The molecule has 124 valence electrons. The van der Waals surface area contributed by atoms with E-state index in [4.69, 9.17) is 5.73 Å². The van der Waals surface area contributed by atoms with Crippen molar-refractivity contribution in [2.45, 2.75) is 18.9 Å². The van der Waals surface area contributed by atoms with Gasteiger partial charge in [-0.25, -0.2) is 14.6 Å². The van der Waals surface area contributed by atoms with E-state index < -0.39 is 0 Å². The summed E-state index contributed by atoms with van der Waals surface area (Å²) in [5.41, 5.74) is 6.72. The molecular weight excluding hydrogens is 409 g/mol. The number of carbonyl (C=O) groups excluding carboxylic acids is 1. The van der Waals surface area contributed by atoms with Crippen LogP contribution >= 0.6 is 22.6 Å². The summed E-state index contributed by atoms with van der Waals surface area (Å²) < 4.78 is 2.77. The second-order valence-corrected chi connectivity index (χ2v) is 7.06. The fourth-order valence-corrected chi connectivity index (χ4v) is 3.69. The van der Waals surface area contributed by atoms with Gasteiger partial charge in [-0.05, 0) is 49.5 Å². The molecule has 2 N–H and O–H groups in total. The number of anilines is 1. The second-order valence-electron chi connectivity index (χ2n) is 6.04. The molecule has 23 heavy (non-hydrogen) atoms. The lowest BCUT2D eigenvalue weighted by Gasteiger charge is -2.32. The van der Waals surface area contributed by atoms with Crippen molar-refractivity contribution in [3.63, 3.8) is 0 Å². The van der Waals surface area contributed by atoms with Crippen LogP contribution in [0.15, 0.2) is 6.33 Å². The highest BCUT2D eigenvalue weighted by atomic mass is 127. The highest BCUT2D eigenvalue weighted by Crippen LogP contribution is 2.29. The maximum absolute atomic E-state index is 12.1. The van der Waals surface area contributed by atoms with Crippen LogP contribution < -0.4 is 5.73 Å². The molecule has 0 unspecified atom stereocenters. The second kappa shape index (κ2) is 6.56. The number of likely N-dealkylation sites (N-methyl/N-ethyl adjacent to an activating group) is 1. The van der Waals surface area contributed by atoms with Crippen LogP contribution in [-0.2, 0) is 4.79 Å². The van der Waals surface area contributed by atoms with Gasteiger partial charge in [-0.1, -0.05) is 0 Å². The number of rotatable bonds is 3. The van der Waals surface area contributed by atoms with E-state index in [1.807, 2.05) is 28.6 Å². The van der Waals surface area contributed by atoms with Gasteiger partial charge < -0.3 is 15.5 Å². The van der Waals surface area contributed by atoms with Crippen molar-refractivity contribution >= 4 is 45.3 Å². The Labute approximate surface area is 148 Å². The number of fused-ring (bicyclic) bond motifs is 1. The molecule has 0 atom stereocenters. The van der Waals surface area contributed by atoms with Crippen molar-refractivity contribution in [2.24, 2.45) is 0 Å². The summed E-state index contributed by atoms with van der Waals surface area (Å²) in [4.78, 5) is 24.4. The van der Waals surface area contributed by atoms with Gasteiger partial charge in [0.15, 0.2) is 5.65 Å². The van der Waals surface area contributed by atoms with Crippen LogP contribution in [0.1, 0.15) is 18.9 Å². The van der Waals surface area contributed by atoms with Crippen molar-refractivity contribution in [2.75, 3.05) is 39.5 Å². The summed E-state index contributed by atoms with van der Waals surface area (Å²) >= 11 is 2.17. The zero-order valence-corrected chi connectivity index (χ0v) is 15.4. The maximum atomic E-state index is 12.1. The van der Waals surface area contributed by atoms with Crippen LogP contribution in [0.25, 0.3) is 11.0 Å². The van der Waals surface area contributed by atoms with Gasteiger partial charge in [-0.15, -0.1) is 0 Å². The lowest BCUT2D eigenvalue weighted by Crippen LogP contribution is -2.43. The van der Waals surface area contributed by atoms with Crippen LogP contribution in [0, 0.1) is 3.70 Å². The third-order valence-electron chi connectivity index (χ3n) is 4.09. The molecule has 9 heteroatoms. The first-order valence-electron chi connectivity index (χ1n) is 7.54. The smallest absolute Gasteiger partial charge is 0.236 e. The average Bonchev–Trinajstić information content (AvgIpc) is 2.85. The number of nitrogen functional groups attached to an aromatic ring is 1. The normalized spacial score (nSPS) is 16.4. The number of aromatic nitrogens is 4. The van der Waals surface area contributed by atoms with E-state index in [0.29, 0.717) is 12.4 Å². The molecule has 0 spiro atoms. The van der Waals surface area contributed by atoms with Crippen molar-refractivity contribution in [1.29, 1.82) is 0 Å². The van der Waals surface area contributed by atoms with Crippen molar-refractivity contribution < 1.29 is 4.79 Å². The molecule has 3 heterocycles. The molecule has 2 aromatic heterocycles. The molecule has 1 fully saturated rings. The Kier molecular flexibility index (Phi) is 4.67. The minimum Gasteiger partial charge on any atom is -0.383 e. The third-order valence-corrected chi connectivity index (χ3v) is 4.85. The monoisotopic (exact) mass is 429 g/mol. The van der Waals surface area contributed by atoms with E-state index in [1.165, 1.54) is 6.33 Å². The Hall–Kier alpha value is -1.49. The van der Waals surface area contributed by atoms with Gasteiger partial charge in [0.2, 0.25) is 5.91 Å². The first-order chi connectivity index (χ1) is 11.0. The summed E-state index contributed by atoms with van der Waals surface area (Å²) in [5.74, 6) is 0.643. The molecule has 0 saturated carbocycles. The minimum absolute atomic E-state index is 0.180. The fourth-order valence-electron chi connectivity index (χ4n) is 2.94. The molecule has 1 aliphatic heterocycles. The zero-order chi connectivity index (χ0) is 16.6. The predicted molar refractivity (Wildman–Crippen MR) is 95.9 cm³/mol. The molecule has 0 radical (unpaired) electrons. The van der Waals surface area contributed by atoms with Gasteiger partial charge in [0.05, 0.1) is 18.0 Å². The van der Waals surface area contributed by atoms with Crippen LogP contribution in [0.2, 0.25) is 0 Å².